The third-order valence-corrected chi connectivity index (χ3v) is 4.71. The van der Waals surface area contributed by atoms with E-state index in [4.69, 9.17) is 16.3 Å². The Balaban J connectivity index is 1.48. The number of aromatic nitrogens is 2. The smallest absolute Gasteiger partial charge is 0.285 e. The molecule has 7 nitrogen and oxygen atoms in total. The van der Waals surface area contributed by atoms with Gasteiger partial charge in [0.2, 0.25) is 0 Å². The summed E-state index contributed by atoms with van der Waals surface area (Å²) < 4.78 is 5.45. The number of para-hydroxylation sites is 2. The number of hydrogen-bond acceptors (Lipinski definition) is 6. The van der Waals surface area contributed by atoms with Crippen molar-refractivity contribution in [2.24, 2.45) is 0 Å². The molecule has 0 radical (unpaired) electrons. The molecule has 0 saturated carbocycles. The fourth-order valence-electron chi connectivity index (χ4n) is 2.96. The average molecular weight is 364 g/mol. The van der Waals surface area contributed by atoms with Gasteiger partial charge in [-0.2, -0.15) is 5.10 Å². The molecule has 3 rings (SSSR count). The summed E-state index contributed by atoms with van der Waals surface area (Å²) in [5.41, 5.74) is 1.33. The molecule has 0 aliphatic carbocycles. The van der Waals surface area contributed by atoms with E-state index in [2.05, 4.69) is 31.4 Å². The molecule has 0 spiro atoms. The van der Waals surface area contributed by atoms with E-state index in [1.54, 1.807) is 7.11 Å². The first-order chi connectivity index (χ1) is 12.2. The minimum atomic E-state index is -0.378. The highest BCUT2D eigenvalue weighted by molar-refractivity contribution is 6.32. The van der Waals surface area contributed by atoms with Crippen molar-refractivity contribution in [2.75, 3.05) is 56.6 Å². The molecule has 1 aromatic carbocycles. The number of hydrogen-bond donors (Lipinski definition) is 2. The third kappa shape index (κ3) is 4.24. The summed E-state index contributed by atoms with van der Waals surface area (Å²) in [5, 5.41) is 9.38. The zero-order valence-corrected chi connectivity index (χ0v) is 14.9. The summed E-state index contributed by atoms with van der Waals surface area (Å²) in [6.45, 7) is 5.44. The summed E-state index contributed by atoms with van der Waals surface area (Å²) in [6, 6.07) is 8.11. The van der Waals surface area contributed by atoms with Crippen LogP contribution in [0.15, 0.2) is 35.3 Å². The summed E-state index contributed by atoms with van der Waals surface area (Å²) in [5.74, 6) is 0.911. The zero-order valence-electron chi connectivity index (χ0n) is 14.2. The van der Waals surface area contributed by atoms with Gasteiger partial charge in [0.1, 0.15) is 10.8 Å². The van der Waals surface area contributed by atoms with E-state index in [0.29, 0.717) is 12.2 Å². The molecule has 2 aromatic rings. The third-order valence-electron chi connectivity index (χ3n) is 4.34. The number of benzene rings is 1. The van der Waals surface area contributed by atoms with Crippen LogP contribution in [0.5, 0.6) is 5.75 Å². The van der Waals surface area contributed by atoms with Gasteiger partial charge < -0.3 is 15.0 Å². The molecular weight excluding hydrogens is 342 g/mol. The van der Waals surface area contributed by atoms with E-state index in [0.717, 1.165) is 44.2 Å². The molecule has 8 heteroatoms. The lowest BCUT2D eigenvalue weighted by Gasteiger charge is -2.36. The number of rotatable bonds is 6. The van der Waals surface area contributed by atoms with Gasteiger partial charge in [0, 0.05) is 39.3 Å². The molecule has 1 saturated heterocycles. The first-order valence-electron chi connectivity index (χ1n) is 8.26. The molecule has 2 N–H and O–H groups in total. The van der Waals surface area contributed by atoms with Gasteiger partial charge in [0.05, 0.1) is 24.7 Å². The molecule has 134 valence electrons. The van der Waals surface area contributed by atoms with Crippen LogP contribution in [0, 0.1) is 0 Å². The fraction of sp³-hybridized carbons (Fsp3) is 0.412. The van der Waals surface area contributed by atoms with E-state index < -0.39 is 0 Å². The number of anilines is 2. The number of nitrogens with zero attached hydrogens (tertiary/aromatic N) is 3. The van der Waals surface area contributed by atoms with Crippen LogP contribution in [0.3, 0.4) is 0 Å². The highest BCUT2D eigenvalue weighted by Crippen LogP contribution is 2.28. The Morgan fingerprint density at radius 1 is 1.28 bits per heavy atom. The van der Waals surface area contributed by atoms with Crippen molar-refractivity contribution in [3.8, 4) is 5.75 Å². The van der Waals surface area contributed by atoms with Crippen LogP contribution < -0.4 is 20.5 Å². The largest absolute Gasteiger partial charge is 0.495 e. The molecule has 0 bridgehead atoms. The highest BCUT2D eigenvalue weighted by Gasteiger charge is 2.19. The number of methoxy groups -OCH3 is 1. The highest BCUT2D eigenvalue weighted by atomic mass is 35.5. The molecule has 1 aliphatic heterocycles. The van der Waals surface area contributed by atoms with E-state index in [1.165, 1.54) is 6.20 Å². The summed E-state index contributed by atoms with van der Waals surface area (Å²) >= 11 is 5.95. The quantitative estimate of drug-likeness (QED) is 0.813. The second-order valence-corrected chi connectivity index (χ2v) is 6.23. The zero-order chi connectivity index (χ0) is 17.6. The van der Waals surface area contributed by atoms with Crippen LogP contribution in [0.1, 0.15) is 0 Å². The van der Waals surface area contributed by atoms with E-state index >= 15 is 0 Å². The van der Waals surface area contributed by atoms with Crippen molar-refractivity contribution in [1.29, 1.82) is 0 Å². The Hall–Kier alpha value is -2.25. The van der Waals surface area contributed by atoms with Crippen molar-refractivity contribution in [2.45, 2.75) is 0 Å². The molecule has 1 aliphatic rings. The van der Waals surface area contributed by atoms with Gasteiger partial charge in [-0.3, -0.25) is 9.69 Å². The van der Waals surface area contributed by atoms with E-state index in [9.17, 15) is 4.79 Å². The maximum Gasteiger partial charge on any atom is 0.285 e. The molecule has 0 atom stereocenters. The van der Waals surface area contributed by atoms with Crippen LogP contribution in [0.4, 0.5) is 11.4 Å². The Kier molecular flexibility index (Phi) is 5.78. The van der Waals surface area contributed by atoms with Crippen LogP contribution in [0.25, 0.3) is 0 Å². The lowest BCUT2D eigenvalue weighted by Crippen LogP contribution is -2.47. The van der Waals surface area contributed by atoms with Crippen molar-refractivity contribution in [1.82, 2.24) is 15.1 Å². The second-order valence-electron chi connectivity index (χ2n) is 5.85. The first-order valence-corrected chi connectivity index (χ1v) is 8.64. The maximum atomic E-state index is 11.4. The molecular formula is C17H22ClN5O2. The van der Waals surface area contributed by atoms with Crippen molar-refractivity contribution in [3.05, 3.63) is 45.8 Å². The van der Waals surface area contributed by atoms with Gasteiger partial charge in [-0.1, -0.05) is 23.7 Å². The van der Waals surface area contributed by atoms with Gasteiger partial charge >= 0.3 is 0 Å². The maximum absolute atomic E-state index is 11.4. The number of piperazine rings is 1. The minimum Gasteiger partial charge on any atom is -0.495 e. The summed E-state index contributed by atoms with van der Waals surface area (Å²) in [6.07, 6.45) is 1.53. The topological polar surface area (TPSA) is 73.5 Å². The van der Waals surface area contributed by atoms with Gasteiger partial charge in [-0.25, -0.2) is 5.10 Å². The van der Waals surface area contributed by atoms with Gasteiger partial charge in [0.25, 0.3) is 5.56 Å². The van der Waals surface area contributed by atoms with Gasteiger partial charge in [0.15, 0.2) is 0 Å². The van der Waals surface area contributed by atoms with E-state index in [-0.39, 0.29) is 10.6 Å². The fourth-order valence-corrected chi connectivity index (χ4v) is 3.12. The Labute approximate surface area is 151 Å². The Bertz CT molecular complexity index is 759. The normalized spacial score (nSPS) is 15.2. The predicted molar refractivity (Wildman–Crippen MR) is 100 cm³/mol. The Morgan fingerprint density at radius 2 is 2.04 bits per heavy atom. The molecule has 0 unspecified atom stereocenters. The standard InChI is InChI=1S/C17H22ClN5O2/c1-25-15-5-3-2-4-14(15)23-10-8-22(9-11-23)7-6-19-13-12-20-21-17(24)16(13)18/h2-5,12H,6-11H2,1H3,(H2,19,21,24). The van der Waals surface area contributed by atoms with Gasteiger partial charge in [-0.15, -0.1) is 0 Å². The van der Waals surface area contributed by atoms with Crippen LogP contribution in [-0.4, -0.2) is 61.5 Å². The molecule has 2 heterocycles. The predicted octanol–water partition coefficient (Wildman–Crippen LogP) is 1.67. The molecule has 1 fully saturated rings. The number of halogens is 1. The average Bonchev–Trinajstić information content (AvgIpc) is 2.66. The van der Waals surface area contributed by atoms with Crippen molar-refractivity contribution >= 4 is 23.0 Å². The molecule has 1 aromatic heterocycles. The number of aromatic amines is 1. The van der Waals surface area contributed by atoms with Crippen LogP contribution in [-0.2, 0) is 0 Å². The molecule has 25 heavy (non-hydrogen) atoms. The van der Waals surface area contributed by atoms with Crippen molar-refractivity contribution < 1.29 is 4.74 Å². The number of ether oxygens (including phenoxy) is 1. The first kappa shape index (κ1) is 17.6. The summed E-state index contributed by atoms with van der Waals surface area (Å²) in [4.78, 5) is 16.1. The minimum absolute atomic E-state index is 0.149. The monoisotopic (exact) mass is 363 g/mol. The van der Waals surface area contributed by atoms with Gasteiger partial charge in [-0.05, 0) is 12.1 Å². The van der Waals surface area contributed by atoms with Crippen LogP contribution >= 0.6 is 11.6 Å². The van der Waals surface area contributed by atoms with Crippen LogP contribution in [0.2, 0.25) is 5.02 Å². The summed E-state index contributed by atoms with van der Waals surface area (Å²) in [7, 11) is 1.70. The van der Waals surface area contributed by atoms with Crippen molar-refractivity contribution in [3.63, 3.8) is 0 Å². The van der Waals surface area contributed by atoms with E-state index in [1.807, 2.05) is 18.2 Å². The lowest BCUT2D eigenvalue weighted by molar-refractivity contribution is 0.266. The number of H-pyrrole nitrogens is 1. The second kappa shape index (κ2) is 8.22. The lowest BCUT2D eigenvalue weighted by atomic mass is 10.2. The SMILES string of the molecule is COc1ccccc1N1CCN(CCNc2cn[nH]c(=O)c2Cl)CC1. The molecule has 0 amide bonds. The number of nitrogens with one attached hydrogen (secondary N) is 2. The Morgan fingerprint density at radius 3 is 2.80 bits per heavy atom.